The average Bonchev–Trinajstić information content (AvgIpc) is 2.32. The Bertz CT molecular complexity index is 398. The zero-order valence-corrected chi connectivity index (χ0v) is 10.5. The number of nitrogens with one attached hydrogen (secondary N) is 1. The Kier molecular flexibility index (Phi) is 5.06. The number of aliphatic hydroxyl groups is 1. The Hall–Kier alpha value is -1.46. The summed E-state index contributed by atoms with van der Waals surface area (Å²) >= 11 is 5.94. The number of rotatable bonds is 4. The van der Waals surface area contributed by atoms with Gasteiger partial charge in [-0.25, -0.2) is 4.79 Å². The van der Waals surface area contributed by atoms with E-state index in [-0.39, 0.29) is 19.2 Å². The van der Waals surface area contributed by atoms with Crippen LogP contribution < -0.4 is 10.1 Å². The first-order valence-electron chi connectivity index (χ1n) is 5.05. The van der Waals surface area contributed by atoms with E-state index in [0.717, 1.165) is 0 Å². The number of methoxy groups -OCH3 is 1. The molecule has 2 amide bonds. The number of carbonyl (C=O) groups excluding carboxylic acids is 1. The molecule has 0 heterocycles. The van der Waals surface area contributed by atoms with Gasteiger partial charge in [0.15, 0.2) is 0 Å². The molecule has 0 saturated heterocycles. The van der Waals surface area contributed by atoms with E-state index in [1.165, 1.54) is 12.0 Å². The fourth-order valence-corrected chi connectivity index (χ4v) is 1.35. The highest BCUT2D eigenvalue weighted by atomic mass is 35.5. The van der Waals surface area contributed by atoms with Crippen molar-refractivity contribution in [2.24, 2.45) is 0 Å². The zero-order chi connectivity index (χ0) is 12.8. The van der Waals surface area contributed by atoms with Crippen molar-refractivity contribution in [2.75, 3.05) is 32.6 Å². The van der Waals surface area contributed by atoms with Crippen LogP contribution in [-0.4, -0.2) is 43.3 Å². The van der Waals surface area contributed by atoms with Crippen LogP contribution in [0.25, 0.3) is 0 Å². The summed E-state index contributed by atoms with van der Waals surface area (Å²) in [5, 5.41) is 11.8. The van der Waals surface area contributed by atoms with Crippen molar-refractivity contribution in [3.63, 3.8) is 0 Å². The molecule has 6 heteroatoms. The summed E-state index contributed by atoms with van der Waals surface area (Å²) in [4.78, 5) is 13.0. The van der Waals surface area contributed by atoms with Crippen LogP contribution in [0.15, 0.2) is 18.2 Å². The van der Waals surface area contributed by atoms with Gasteiger partial charge in [0.2, 0.25) is 0 Å². The predicted molar refractivity (Wildman–Crippen MR) is 66.7 cm³/mol. The minimum atomic E-state index is -0.339. The van der Waals surface area contributed by atoms with Gasteiger partial charge in [0, 0.05) is 19.7 Å². The monoisotopic (exact) mass is 258 g/mol. The molecule has 17 heavy (non-hydrogen) atoms. The number of urea groups is 1. The molecule has 0 atom stereocenters. The first-order valence-corrected chi connectivity index (χ1v) is 5.42. The SMILES string of the molecule is COc1ccc(Cl)c(NC(=O)N(C)CCO)c1. The van der Waals surface area contributed by atoms with Crippen molar-refractivity contribution in [1.29, 1.82) is 0 Å². The standard InChI is InChI=1S/C11H15ClN2O3/c1-14(5-6-15)11(16)13-10-7-8(17-2)3-4-9(10)12/h3-4,7,15H,5-6H2,1-2H3,(H,13,16). The highest BCUT2D eigenvalue weighted by molar-refractivity contribution is 6.33. The van der Waals surface area contributed by atoms with E-state index in [9.17, 15) is 4.79 Å². The van der Waals surface area contributed by atoms with Gasteiger partial charge in [-0.1, -0.05) is 11.6 Å². The first-order chi connectivity index (χ1) is 8.08. The van der Waals surface area contributed by atoms with E-state index in [1.54, 1.807) is 25.2 Å². The molecule has 0 spiro atoms. The van der Waals surface area contributed by atoms with Crippen molar-refractivity contribution < 1.29 is 14.6 Å². The van der Waals surface area contributed by atoms with Gasteiger partial charge in [0.1, 0.15) is 5.75 Å². The minimum Gasteiger partial charge on any atom is -0.497 e. The van der Waals surface area contributed by atoms with Gasteiger partial charge in [-0.3, -0.25) is 0 Å². The number of hydrogen-bond donors (Lipinski definition) is 2. The Labute approximate surface area is 105 Å². The summed E-state index contributed by atoms with van der Waals surface area (Å²) in [5.74, 6) is 0.606. The van der Waals surface area contributed by atoms with Gasteiger partial charge in [-0.2, -0.15) is 0 Å². The highest BCUT2D eigenvalue weighted by Gasteiger charge is 2.10. The third kappa shape index (κ3) is 3.80. The summed E-state index contributed by atoms with van der Waals surface area (Å²) in [6.45, 7) is 0.170. The smallest absolute Gasteiger partial charge is 0.321 e. The van der Waals surface area contributed by atoms with Crippen LogP contribution in [0.2, 0.25) is 5.02 Å². The summed E-state index contributed by atoms with van der Waals surface area (Å²) in [6, 6.07) is 4.64. The second-order valence-electron chi connectivity index (χ2n) is 3.42. The number of anilines is 1. The number of carbonyl (C=O) groups is 1. The Morgan fingerprint density at radius 1 is 1.59 bits per heavy atom. The number of nitrogens with zero attached hydrogens (tertiary/aromatic N) is 1. The zero-order valence-electron chi connectivity index (χ0n) is 9.74. The predicted octanol–water partition coefficient (Wildman–Crippen LogP) is 1.80. The van der Waals surface area contributed by atoms with Gasteiger partial charge >= 0.3 is 6.03 Å². The fraction of sp³-hybridized carbons (Fsp3) is 0.364. The van der Waals surface area contributed by atoms with Crippen molar-refractivity contribution in [3.8, 4) is 5.75 Å². The van der Waals surface area contributed by atoms with Crippen LogP contribution >= 0.6 is 11.6 Å². The van der Waals surface area contributed by atoms with Gasteiger partial charge in [0.05, 0.1) is 24.4 Å². The summed E-state index contributed by atoms with van der Waals surface area (Å²) < 4.78 is 5.04. The molecule has 0 aliphatic heterocycles. The Morgan fingerprint density at radius 2 is 2.29 bits per heavy atom. The summed E-state index contributed by atoms with van der Waals surface area (Å²) in [5.41, 5.74) is 0.473. The second kappa shape index (κ2) is 6.32. The molecule has 0 radical (unpaired) electrons. The van der Waals surface area contributed by atoms with E-state index < -0.39 is 0 Å². The molecule has 1 aromatic carbocycles. The van der Waals surface area contributed by atoms with Crippen molar-refractivity contribution >= 4 is 23.3 Å². The quantitative estimate of drug-likeness (QED) is 0.866. The molecule has 5 nitrogen and oxygen atoms in total. The van der Waals surface area contributed by atoms with Crippen LogP contribution in [0, 0.1) is 0 Å². The number of amides is 2. The topological polar surface area (TPSA) is 61.8 Å². The lowest BCUT2D eigenvalue weighted by Gasteiger charge is -2.17. The number of aliphatic hydroxyl groups excluding tert-OH is 1. The van der Waals surface area contributed by atoms with Crippen LogP contribution in [0.3, 0.4) is 0 Å². The molecule has 0 aromatic heterocycles. The minimum absolute atomic E-state index is 0.0875. The number of benzene rings is 1. The molecule has 0 unspecified atom stereocenters. The molecule has 0 aliphatic carbocycles. The maximum atomic E-state index is 11.7. The van der Waals surface area contributed by atoms with Gasteiger partial charge in [-0.05, 0) is 12.1 Å². The Morgan fingerprint density at radius 3 is 2.88 bits per heavy atom. The van der Waals surface area contributed by atoms with Crippen LogP contribution in [0.5, 0.6) is 5.75 Å². The second-order valence-corrected chi connectivity index (χ2v) is 3.83. The van der Waals surface area contributed by atoms with Crippen LogP contribution in [-0.2, 0) is 0 Å². The Balaban J connectivity index is 2.76. The molecular weight excluding hydrogens is 244 g/mol. The molecular formula is C11H15ClN2O3. The number of hydrogen-bond acceptors (Lipinski definition) is 3. The van der Waals surface area contributed by atoms with E-state index in [1.807, 2.05) is 0 Å². The molecule has 0 bridgehead atoms. The van der Waals surface area contributed by atoms with E-state index in [0.29, 0.717) is 16.5 Å². The third-order valence-electron chi connectivity index (χ3n) is 2.20. The van der Waals surface area contributed by atoms with Crippen molar-refractivity contribution in [2.45, 2.75) is 0 Å². The summed E-state index contributed by atoms with van der Waals surface area (Å²) in [6.07, 6.45) is 0. The van der Waals surface area contributed by atoms with Gasteiger partial charge in [0.25, 0.3) is 0 Å². The largest absolute Gasteiger partial charge is 0.497 e. The van der Waals surface area contributed by atoms with E-state index >= 15 is 0 Å². The van der Waals surface area contributed by atoms with Crippen molar-refractivity contribution in [3.05, 3.63) is 23.2 Å². The number of halogens is 1. The van der Waals surface area contributed by atoms with E-state index in [2.05, 4.69) is 5.32 Å². The molecule has 0 fully saturated rings. The lowest BCUT2D eigenvalue weighted by molar-refractivity contribution is 0.202. The van der Waals surface area contributed by atoms with E-state index in [4.69, 9.17) is 21.4 Å². The van der Waals surface area contributed by atoms with Crippen LogP contribution in [0.1, 0.15) is 0 Å². The average molecular weight is 259 g/mol. The summed E-state index contributed by atoms with van der Waals surface area (Å²) in [7, 11) is 3.12. The molecule has 1 rings (SSSR count). The third-order valence-corrected chi connectivity index (χ3v) is 2.53. The maximum Gasteiger partial charge on any atom is 0.321 e. The molecule has 2 N–H and O–H groups in total. The number of ether oxygens (including phenoxy) is 1. The lowest BCUT2D eigenvalue weighted by atomic mass is 10.3. The van der Waals surface area contributed by atoms with Crippen molar-refractivity contribution in [1.82, 2.24) is 4.90 Å². The van der Waals surface area contributed by atoms with Gasteiger partial charge in [-0.15, -0.1) is 0 Å². The van der Waals surface area contributed by atoms with Gasteiger partial charge < -0.3 is 20.1 Å². The molecule has 94 valence electrons. The molecule has 0 saturated carbocycles. The fourth-order valence-electron chi connectivity index (χ4n) is 1.19. The highest BCUT2D eigenvalue weighted by Crippen LogP contribution is 2.26. The normalized spacial score (nSPS) is 9.88. The lowest BCUT2D eigenvalue weighted by Crippen LogP contribution is -2.33. The van der Waals surface area contributed by atoms with Crippen LogP contribution in [0.4, 0.5) is 10.5 Å². The number of likely N-dealkylation sites (N-methyl/N-ethyl adjacent to an activating group) is 1. The molecule has 1 aromatic rings. The first kappa shape index (κ1) is 13.6. The molecule has 0 aliphatic rings. The maximum absolute atomic E-state index is 11.7.